The van der Waals surface area contributed by atoms with Crippen molar-refractivity contribution in [2.45, 2.75) is 31.8 Å². The van der Waals surface area contributed by atoms with Crippen LogP contribution in [0.4, 0.5) is 4.39 Å². The van der Waals surface area contributed by atoms with Crippen molar-refractivity contribution in [2.24, 2.45) is 0 Å². The van der Waals surface area contributed by atoms with Crippen molar-refractivity contribution >= 4 is 11.8 Å². The number of nitrogens with one attached hydrogen (secondary N) is 1. The first-order valence-electron chi connectivity index (χ1n) is 9.96. The molecule has 0 spiro atoms. The summed E-state index contributed by atoms with van der Waals surface area (Å²) < 4.78 is 19.1. The van der Waals surface area contributed by atoms with Crippen molar-refractivity contribution in [3.8, 4) is 11.1 Å². The van der Waals surface area contributed by atoms with Crippen molar-refractivity contribution in [3.05, 3.63) is 59.9 Å². The molecule has 0 aromatic heterocycles. The van der Waals surface area contributed by atoms with E-state index >= 15 is 0 Å². The van der Waals surface area contributed by atoms with Gasteiger partial charge in [-0.3, -0.25) is 9.59 Å². The minimum absolute atomic E-state index is 0.0516. The van der Waals surface area contributed by atoms with Crippen LogP contribution in [0.25, 0.3) is 11.1 Å². The number of hydrogen-bond donors (Lipinski definition) is 1. The number of carbonyl (C=O) groups excluding carboxylic acids is 2. The zero-order valence-corrected chi connectivity index (χ0v) is 16.9. The van der Waals surface area contributed by atoms with E-state index in [2.05, 4.69) is 5.32 Å². The normalized spacial score (nSPS) is 19.1. The molecule has 0 aliphatic carbocycles. The fourth-order valence-electron chi connectivity index (χ4n) is 3.71. The molecule has 29 heavy (non-hydrogen) atoms. The van der Waals surface area contributed by atoms with Crippen molar-refractivity contribution in [1.29, 1.82) is 0 Å². The third-order valence-electron chi connectivity index (χ3n) is 5.26. The molecule has 1 fully saturated rings. The third-order valence-corrected chi connectivity index (χ3v) is 5.26. The summed E-state index contributed by atoms with van der Waals surface area (Å²) in [6.07, 6.45) is 1.61. The molecule has 5 nitrogen and oxygen atoms in total. The molecule has 0 saturated carbocycles. The quantitative estimate of drug-likeness (QED) is 0.813. The molecule has 1 saturated heterocycles. The van der Waals surface area contributed by atoms with Gasteiger partial charge < -0.3 is 15.0 Å². The van der Waals surface area contributed by atoms with E-state index in [1.807, 2.05) is 31.2 Å². The lowest BCUT2D eigenvalue weighted by Gasteiger charge is -2.41. The first kappa shape index (κ1) is 21.0. The fourth-order valence-corrected chi connectivity index (χ4v) is 3.71. The molecule has 0 radical (unpaired) electrons. The number of hydrogen-bond acceptors (Lipinski definition) is 3. The van der Waals surface area contributed by atoms with Crippen LogP contribution in [0.5, 0.6) is 0 Å². The van der Waals surface area contributed by atoms with Crippen LogP contribution in [0.3, 0.4) is 0 Å². The fraction of sp³-hybridized carbons (Fsp3) is 0.391. The van der Waals surface area contributed by atoms with Gasteiger partial charge >= 0.3 is 0 Å². The number of rotatable bonds is 6. The van der Waals surface area contributed by atoms with E-state index in [1.165, 1.54) is 12.1 Å². The Morgan fingerprint density at radius 3 is 2.31 bits per heavy atom. The Kier molecular flexibility index (Phi) is 6.64. The second-order valence-electron chi connectivity index (χ2n) is 7.37. The maximum absolute atomic E-state index is 13.1. The van der Waals surface area contributed by atoms with Gasteiger partial charge in [0.1, 0.15) is 5.82 Å². The molecule has 0 unspecified atom stereocenters. The number of ether oxygens (including phenoxy) is 1. The second kappa shape index (κ2) is 9.18. The predicted octanol–water partition coefficient (Wildman–Crippen LogP) is 3.18. The molecule has 2 aromatic carbocycles. The Morgan fingerprint density at radius 2 is 1.72 bits per heavy atom. The van der Waals surface area contributed by atoms with E-state index in [4.69, 9.17) is 4.74 Å². The monoisotopic (exact) mass is 398 g/mol. The molecule has 6 heteroatoms. The van der Waals surface area contributed by atoms with E-state index in [-0.39, 0.29) is 24.2 Å². The lowest BCUT2D eigenvalue weighted by molar-refractivity contribution is -0.165. The van der Waals surface area contributed by atoms with Gasteiger partial charge in [-0.25, -0.2) is 4.39 Å². The summed E-state index contributed by atoms with van der Waals surface area (Å²) >= 11 is 0. The van der Waals surface area contributed by atoms with Gasteiger partial charge in [-0.05, 0) is 35.2 Å². The van der Waals surface area contributed by atoms with Gasteiger partial charge in [-0.1, -0.05) is 43.3 Å². The topological polar surface area (TPSA) is 58.6 Å². The highest BCUT2D eigenvalue weighted by molar-refractivity contribution is 5.87. The number of amides is 2. The maximum atomic E-state index is 13.1. The lowest BCUT2D eigenvalue weighted by Crippen LogP contribution is -2.61. The molecule has 1 atom stereocenters. The summed E-state index contributed by atoms with van der Waals surface area (Å²) in [5, 5.41) is 2.69. The van der Waals surface area contributed by atoms with E-state index in [0.717, 1.165) is 23.1 Å². The number of nitrogens with zero attached hydrogens (tertiary/aromatic N) is 1. The molecule has 1 aliphatic heterocycles. The van der Waals surface area contributed by atoms with Crippen molar-refractivity contribution in [1.82, 2.24) is 10.2 Å². The molecule has 1 aliphatic rings. The largest absolute Gasteiger partial charge is 0.361 e. The molecule has 154 valence electrons. The van der Waals surface area contributed by atoms with Crippen LogP contribution in [0.15, 0.2) is 48.5 Å². The first-order valence-corrected chi connectivity index (χ1v) is 9.96. The zero-order chi connectivity index (χ0) is 20.9. The average Bonchev–Trinajstić information content (AvgIpc) is 2.74. The molecule has 1 N–H and O–H groups in total. The molecule has 2 amide bonds. The number of morpholine rings is 1. The number of carbonyl (C=O) groups is 2. The van der Waals surface area contributed by atoms with Gasteiger partial charge in [-0.15, -0.1) is 0 Å². The Bertz CT molecular complexity index is 851. The molecule has 0 bridgehead atoms. The van der Waals surface area contributed by atoms with E-state index < -0.39 is 5.60 Å². The molecular formula is C23H27FN2O3. The van der Waals surface area contributed by atoms with Crippen LogP contribution in [-0.2, 0) is 20.7 Å². The maximum Gasteiger partial charge on any atom is 0.254 e. The Labute approximate surface area is 170 Å². The number of likely N-dealkylation sites (N-methyl/N-ethyl adjacent to an activating group) is 1. The summed E-state index contributed by atoms with van der Waals surface area (Å²) in [6, 6.07) is 14.1. The first-order chi connectivity index (χ1) is 14.0. The molecular weight excluding hydrogens is 371 g/mol. The standard InChI is InChI=1S/C23H27FN2O3/c1-3-4-21(27)26-13-14-29-23(16-26,22(28)25-2)15-17-5-7-18(8-6-17)19-9-11-20(24)12-10-19/h5-12H,3-4,13-16H2,1-2H3,(H,25,28)/t23-/m1/s1. The minimum Gasteiger partial charge on any atom is -0.361 e. The van der Waals surface area contributed by atoms with Crippen molar-refractivity contribution < 1.29 is 18.7 Å². The average molecular weight is 398 g/mol. The predicted molar refractivity (Wildman–Crippen MR) is 110 cm³/mol. The van der Waals surface area contributed by atoms with Crippen LogP contribution in [0.1, 0.15) is 25.3 Å². The van der Waals surface area contributed by atoms with Gasteiger partial charge in [-0.2, -0.15) is 0 Å². The smallest absolute Gasteiger partial charge is 0.254 e. The van der Waals surface area contributed by atoms with Crippen LogP contribution >= 0.6 is 0 Å². The lowest BCUT2D eigenvalue weighted by atomic mass is 9.90. The summed E-state index contributed by atoms with van der Waals surface area (Å²) in [5.74, 6) is -0.445. The molecule has 3 rings (SSSR count). The van der Waals surface area contributed by atoms with Gasteiger partial charge in [0.15, 0.2) is 5.60 Å². The Balaban J connectivity index is 1.80. The van der Waals surface area contributed by atoms with E-state index in [1.54, 1.807) is 24.1 Å². The Hall–Kier alpha value is -2.73. The number of benzene rings is 2. The zero-order valence-electron chi connectivity index (χ0n) is 16.9. The van der Waals surface area contributed by atoms with Gasteiger partial charge in [0.25, 0.3) is 5.91 Å². The van der Waals surface area contributed by atoms with Crippen molar-refractivity contribution in [2.75, 3.05) is 26.7 Å². The highest BCUT2D eigenvalue weighted by Crippen LogP contribution is 2.26. The van der Waals surface area contributed by atoms with Crippen molar-refractivity contribution in [3.63, 3.8) is 0 Å². The summed E-state index contributed by atoms with van der Waals surface area (Å²) in [6.45, 7) is 3.04. The van der Waals surface area contributed by atoms with Crippen LogP contribution in [0.2, 0.25) is 0 Å². The summed E-state index contributed by atoms with van der Waals surface area (Å²) in [7, 11) is 1.58. The van der Waals surface area contributed by atoms with E-state index in [9.17, 15) is 14.0 Å². The van der Waals surface area contributed by atoms with Crippen LogP contribution in [0, 0.1) is 5.82 Å². The Morgan fingerprint density at radius 1 is 1.10 bits per heavy atom. The van der Waals surface area contributed by atoms with E-state index in [0.29, 0.717) is 26.0 Å². The highest BCUT2D eigenvalue weighted by atomic mass is 19.1. The molecule has 1 heterocycles. The van der Waals surface area contributed by atoms with Crippen LogP contribution < -0.4 is 5.32 Å². The highest BCUT2D eigenvalue weighted by Gasteiger charge is 2.44. The minimum atomic E-state index is -1.10. The summed E-state index contributed by atoms with van der Waals surface area (Å²) in [4.78, 5) is 26.8. The van der Waals surface area contributed by atoms with Gasteiger partial charge in [0, 0.05) is 26.4 Å². The van der Waals surface area contributed by atoms with Crippen LogP contribution in [-0.4, -0.2) is 49.1 Å². The van der Waals surface area contributed by atoms with Gasteiger partial charge in [0.2, 0.25) is 5.91 Å². The third kappa shape index (κ3) is 4.82. The molecule has 2 aromatic rings. The summed E-state index contributed by atoms with van der Waals surface area (Å²) in [5.41, 5.74) is 1.72. The SMILES string of the molecule is CCCC(=O)N1CCO[C@@](Cc2ccc(-c3ccc(F)cc3)cc2)(C(=O)NC)C1. The number of halogens is 1. The van der Waals surface area contributed by atoms with Gasteiger partial charge in [0.05, 0.1) is 13.2 Å². The second-order valence-corrected chi connectivity index (χ2v) is 7.37.